The molecule has 1 unspecified atom stereocenters. The maximum absolute atomic E-state index is 11.2. The number of ketones is 1. The highest BCUT2D eigenvalue weighted by Crippen LogP contribution is 2.40. The second-order valence-corrected chi connectivity index (χ2v) is 5.06. The summed E-state index contributed by atoms with van der Waals surface area (Å²) in [6, 6.07) is 8.66. The van der Waals surface area contributed by atoms with E-state index >= 15 is 0 Å². The van der Waals surface area contributed by atoms with Crippen LogP contribution in [0.3, 0.4) is 0 Å². The molecule has 1 aliphatic carbocycles. The standard InChI is InChI=1S/C15H20O/c1-11(10-12(2)16)14-8-3-4-9-15(14)13-6-5-7-13/h3-4,8-9,11,13H,5-7,10H2,1-2H3. The molecule has 0 N–H and O–H groups in total. The van der Waals surface area contributed by atoms with Crippen molar-refractivity contribution in [2.24, 2.45) is 0 Å². The third-order valence-electron chi connectivity index (χ3n) is 3.67. The second-order valence-electron chi connectivity index (χ2n) is 5.06. The van der Waals surface area contributed by atoms with E-state index in [2.05, 4.69) is 31.2 Å². The molecule has 0 heterocycles. The van der Waals surface area contributed by atoms with Gasteiger partial charge >= 0.3 is 0 Å². The summed E-state index contributed by atoms with van der Waals surface area (Å²) in [5.41, 5.74) is 2.88. The summed E-state index contributed by atoms with van der Waals surface area (Å²) in [5, 5.41) is 0. The van der Waals surface area contributed by atoms with Gasteiger partial charge in [0.1, 0.15) is 5.78 Å². The quantitative estimate of drug-likeness (QED) is 0.742. The number of hydrogen-bond acceptors (Lipinski definition) is 1. The van der Waals surface area contributed by atoms with Crippen LogP contribution in [-0.2, 0) is 4.79 Å². The van der Waals surface area contributed by atoms with Crippen molar-refractivity contribution in [3.05, 3.63) is 35.4 Å². The Labute approximate surface area is 97.9 Å². The van der Waals surface area contributed by atoms with Gasteiger partial charge in [0, 0.05) is 6.42 Å². The van der Waals surface area contributed by atoms with Gasteiger partial charge in [0.15, 0.2) is 0 Å². The van der Waals surface area contributed by atoms with Gasteiger partial charge in [0.05, 0.1) is 0 Å². The maximum Gasteiger partial charge on any atom is 0.130 e. The molecule has 0 saturated heterocycles. The van der Waals surface area contributed by atoms with Crippen LogP contribution in [0.4, 0.5) is 0 Å². The SMILES string of the molecule is CC(=O)CC(C)c1ccccc1C1CCC1. The van der Waals surface area contributed by atoms with Gasteiger partial charge in [-0.25, -0.2) is 0 Å². The number of rotatable bonds is 4. The lowest BCUT2D eigenvalue weighted by Gasteiger charge is -2.29. The van der Waals surface area contributed by atoms with Gasteiger partial charge in [-0.15, -0.1) is 0 Å². The van der Waals surface area contributed by atoms with E-state index < -0.39 is 0 Å². The van der Waals surface area contributed by atoms with E-state index in [-0.39, 0.29) is 5.78 Å². The molecule has 0 bridgehead atoms. The lowest BCUT2D eigenvalue weighted by molar-refractivity contribution is -0.117. The minimum absolute atomic E-state index is 0.288. The lowest BCUT2D eigenvalue weighted by Crippen LogP contribution is -2.13. The minimum Gasteiger partial charge on any atom is -0.300 e. The monoisotopic (exact) mass is 216 g/mol. The summed E-state index contributed by atoms with van der Waals surface area (Å²) in [6.45, 7) is 3.85. The Morgan fingerprint density at radius 3 is 2.62 bits per heavy atom. The summed E-state index contributed by atoms with van der Waals surface area (Å²) < 4.78 is 0. The Morgan fingerprint density at radius 2 is 2.06 bits per heavy atom. The highest BCUT2D eigenvalue weighted by Gasteiger charge is 2.23. The molecule has 1 fully saturated rings. The topological polar surface area (TPSA) is 17.1 Å². The summed E-state index contributed by atoms with van der Waals surface area (Å²) in [7, 11) is 0. The summed E-state index contributed by atoms with van der Waals surface area (Å²) in [5.74, 6) is 1.41. The first-order valence-electron chi connectivity index (χ1n) is 6.26. The molecule has 0 aliphatic heterocycles. The van der Waals surface area contributed by atoms with E-state index in [9.17, 15) is 4.79 Å². The molecule has 0 spiro atoms. The van der Waals surface area contributed by atoms with Crippen molar-refractivity contribution in [2.45, 2.75) is 51.4 Å². The molecule has 1 heteroatoms. The number of hydrogen-bond donors (Lipinski definition) is 0. The molecular formula is C15H20O. The normalized spacial score (nSPS) is 17.9. The van der Waals surface area contributed by atoms with E-state index in [0.29, 0.717) is 12.3 Å². The number of carbonyl (C=O) groups excluding carboxylic acids is 1. The molecular weight excluding hydrogens is 196 g/mol. The fourth-order valence-electron chi connectivity index (χ4n) is 2.59. The van der Waals surface area contributed by atoms with Crippen LogP contribution < -0.4 is 0 Å². The van der Waals surface area contributed by atoms with Gasteiger partial charge in [-0.1, -0.05) is 37.6 Å². The van der Waals surface area contributed by atoms with E-state index in [1.807, 2.05) is 0 Å². The second kappa shape index (κ2) is 4.82. The molecule has 1 nitrogen and oxygen atoms in total. The van der Waals surface area contributed by atoms with Crippen LogP contribution in [0.15, 0.2) is 24.3 Å². The highest BCUT2D eigenvalue weighted by atomic mass is 16.1. The largest absolute Gasteiger partial charge is 0.300 e. The Hall–Kier alpha value is -1.11. The van der Waals surface area contributed by atoms with Crippen molar-refractivity contribution in [1.29, 1.82) is 0 Å². The third-order valence-corrected chi connectivity index (χ3v) is 3.67. The fraction of sp³-hybridized carbons (Fsp3) is 0.533. The molecule has 2 rings (SSSR count). The van der Waals surface area contributed by atoms with Crippen LogP contribution in [0, 0.1) is 0 Å². The zero-order valence-corrected chi connectivity index (χ0v) is 10.2. The Kier molecular flexibility index (Phi) is 3.42. The summed E-state index contributed by atoms with van der Waals surface area (Å²) in [4.78, 5) is 11.2. The van der Waals surface area contributed by atoms with Crippen LogP contribution in [0.5, 0.6) is 0 Å². The molecule has 0 amide bonds. The molecule has 0 aromatic heterocycles. The lowest BCUT2D eigenvalue weighted by atomic mass is 9.76. The number of Topliss-reactive ketones (excluding diaryl/α,β-unsaturated/α-hetero) is 1. The molecule has 1 atom stereocenters. The van der Waals surface area contributed by atoms with Crippen molar-refractivity contribution in [2.75, 3.05) is 0 Å². The highest BCUT2D eigenvalue weighted by molar-refractivity contribution is 5.76. The first kappa shape index (κ1) is 11.4. The molecule has 0 radical (unpaired) electrons. The first-order chi connectivity index (χ1) is 7.68. The average Bonchev–Trinajstić information content (AvgIpc) is 2.14. The number of carbonyl (C=O) groups is 1. The first-order valence-corrected chi connectivity index (χ1v) is 6.26. The number of benzene rings is 1. The van der Waals surface area contributed by atoms with Gasteiger partial charge in [0.25, 0.3) is 0 Å². The van der Waals surface area contributed by atoms with Gasteiger partial charge in [0.2, 0.25) is 0 Å². The van der Waals surface area contributed by atoms with Gasteiger partial charge in [-0.2, -0.15) is 0 Å². The van der Waals surface area contributed by atoms with Gasteiger partial charge in [-0.05, 0) is 42.7 Å². The molecule has 1 aromatic rings. The average molecular weight is 216 g/mol. The summed E-state index contributed by atoms with van der Waals surface area (Å²) in [6.07, 6.45) is 4.68. The van der Waals surface area contributed by atoms with Crippen molar-refractivity contribution in [1.82, 2.24) is 0 Å². The zero-order chi connectivity index (χ0) is 11.5. The van der Waals surface area contributed by atoms with E-state index in [0.717, 1.165) is 5.92 Å². The van der Waals surface area contributed by atoms with Crippen LogP contribution >= 0.6 is 0 Å². The molecule has 86 valence electrons. The Balaban J connectivity index is 2.21. The Bertz CT molecular complexity index is 377. The molecule has 1 saturated carbocycles. The smallest absolute Gasteiger partial charge is 0.130 e. The van der Waals surface area contributed by atoms with Crippen LogP contribution in [0.25, 0.3) is 0 Å². The van der Waals surface area contributed by atoms with E-state index in [1.54, 1.807) is 6.92 Å². The van der Waals surface area contributed by atoms with Crippen molar-refractivity contribution >= 4 is 5.78 Å². The van der Waals surface area contributed by atoms with E-state index in [4.69, 9.17) is 0 Å². The Morgan fingerprint density at radius 1 is 1.38 bits per heavy atom. The maximum atomic E-state index is 11.2. The molecule has 16 heavy (non-hydrogen) atoms. The van der Waals surface area contributed by atoms with Crippen LogP contribution in [0.2, 0.25) is 0 Å². The molecule has 1 aliphatic rings. The van der Waals surface area contributed by atoms with Gasteiger partial charge < -0.3 is 4.79 Å². The predicted octanol–water partition coefficient (Wildman–Crippen LogP) is 4.04. The van der Waals surface area contributed by atoms with Crippen molar-refractivity contribution in [3.8, 4) is 0 Å². The van der Waals surface area contributed by atoms with Crippen LogP contribution in [-0.4, -0.2) is 5.78 Å². The fourth-order valence-corrected chi connectivity index (χ4v) is 2.59. The predicted molar refractivity (Wildman–Crippen MR) is 66.7 cm³/mol. The van der Waals surface area contributed by atoms with Crippen molar-refractivity contribution in [3.63, 3.8) is 0 Å². The van der Waals surface area contributed by atoms with Gasteiger partial charge in [-0.3, -0.25) is 0 Å². The van der Waals surface area contributed by atoms with E-state index in [1.165, 1.54) is 30.4 Å². The zero-order valence-electron chi connectivity index (χ0n) is 10.2. The molecule has 1 aromatic carbocycles. The van der Waals surface area contributed by atoms with Crippen molar-refractivity contribution < 1.29 is 4.79 Å². The summed E-state index contributed by atoms with van der Waals surface area (Å²) >= 11 is 0. The minimum atomic E-state index is 0.288. The van der Waals surface area contributed by atoms with Crippen LogP contribution in [0.1, 0.15) is 62.5 Å². The third kappa shape index (κ3) is 2.34.